The first-order chi connectivity index (χ1) is 17.8. The fourth-order valence-corrected chi connectivity index (χ4v) is 4.28. The van der Waals surface area contributed by atoms with Crippen molar-refractivity contribution >= 4 is 29.3 Å². The van der Waals surface area contributed by atoms with E-state index in [1.807, 2.05) is 10.8 Å². The fourth-order valence-electron chi connectivity index (χ4n) is 3.69. The predicted molar refractivity (Wildman–Crippen MR) is 133 cm³/mol. The summed E-state index contributed by atoms with van der Waals surface area (Å²) in [5.74, 6) is 5.05. The Balaban J connectivity index is 1.45. The molecular formula is C25H24F3N5O3S. The van der Waals surface area contributed by atoms with Gasteiger partial charge in [-0.05, 0) is 36.1 Å². The first kappa shape index (κ1) is 26.2. The Bertz CT molecular complexity index is 1270. The van der Waals surface area contributed by atoms with Gasteiger partial charge in [-0.1, -0.05) is 5.92 Å². The van der Waals surface area contributed by atoms with Crippen LogP contribution in [-0.4, -0.2) is 71.4 Å². The third-order valence-electron chi connectivity index (χ3n) is 5.66. The number of carbonyl (C=O) groups is 2. The van der Waals surface area contributed by atoms with Gasteiger partial charge in [-0.3, -0.25) is 14.5 Å². The molecule has 0 unspecified atom stereocenters. The highest BCUT2D eigenvalue weighted by Crippen LogP contribution is 2.33. The van der Waals surface area contributed by atoms with Gasteiger partial charge in [0, 0.05) is 55.2 Å². The van der Waals surface area contributed by atoms with Gasteiger partial charge in [0.05, 0.1) is 18.5 Å². The number of amides is 2. The lowest BCUT2D eigenvalue weighted by Crippen LogP contribution is -2.46. The SMILES string of the molecule is O=CN1CCN(CCCOc2ccc(-c3ncc(C(F)(F)F)[nH]3)cc2NC(=O)C#Cc2ccsc2)CC1. The Morgan fingerprint density at radius 1 is 1.24 bits per heavy atom. The Labute approximate surface area is 215 Å². The van der Waals surface area contributed by atoms with Crippen LogP contribution in [0.2, 0.25) is 0 Å². The first-order valence-corrected chi connectivity index (χ1v) is 12.4. The predicted octanol–water partition coefficient (Wildman–Crippen LogP) is 3.69. The molecule has 0 spiro atoms. The van der Waals surface area contributed by atoms with Crippen molar-refractivity contribution in [2.75, 3.05) is 44.6 Å². The molecule has 12 heteroatoms. The van der Waals surface area contributed by atoms with E-state index in [4.69, 9.17) is 4.74 Å². The molecule has 3 aromatic rings. The smallest absolute Gasteiger partial charge is 0.432 e. The Morgan fingerprint density at radius 2 is 2.05 bits per heavy atom. The van der Waals surface area contributed by atoms with E-state index >= 15 is 0 Å². The van der Waals surface area contributed by atoms with Crippen LogP contribution in [0.4, 0.5) is 18.9 Å². The van der Waals surface area contributed by atoms with Crippen LogP contribution in [0, 0.1) is 11.8 Å². The van der Waals surface area contributed by atoms with Crippen molar-refractivity contribution in [3.8, 4) is 29.0 Å². The molecule has 1 aliphatic heterocycles. The number of rotatable bonds is 8. The van der Waals surface area contributed by atoms with E-state index in [1.54, 1.807) is 23.1 Å². The van der Waals surface area contributed by atoms with Crippen LogP contribution in [-0.2, 0) is 15.8 Å². The van der Waals surface area contributed by atoms with Crippen LogP contribution in [0.25, 0.3) is 11.4 Å². The van der Waals surface area contributed by atoms with Gasteiger partial charge in [-0.2, -0.15) is 24.5 Å². The van der Waals surface area contributed by atoms with Gasteiger partial charge in [0.15, 0.2) is 0 Å². The lowest BCUT2D eigenvalue weighted by molar-refractivity contribution is -0.140. The van der Waals surface area contributed by atoms with Crippen LogP contribution in [0.5, 0.6) is 5.75 Å². The number of thiophene rings is 1. The number of aromatic nitrogens is 2. The van der Waals surface area contributed by atoms with E-state index in [0.29, 0.717) is 43.0 Å². The topological polar surface area (TPSA) is 90.6 Å². The Kier molecular flexibility index (Phi) is 8.47. The number of nitrogens with one attached hydrogen (secondary N) is 2. The highest BCUT2D eigenvalue weighted by molar-refractivity contribution is 7.08. The zero-order chi connectivity index (χ0) is 26.3. The number of H-pyrrole nitrogens is 1. The van der Waals surface area contributed by atoms with Crippen molar-refractivity contribution < 1.29 is 27.5 Å². The Morgan fingerprint density at radius 3 is 2.73 bits per heavy atom. The maximum Gasteiger partial charge on any atom is 0.432 e. The minimum absolute atomic E-state index is 0.00759. The summed E-state index contributed by atoms with van der Waals surface area (Å²) < 4.78 is 44.9. The van der Waals surface area contributed by atoms with E-state index in [0.717, 1.165) is 32.2 Å². The van der Waals surface area contributed by atoms with Crippen LogP contribution >= 0.6 is 11.3 Å². The summed E-state index contributed by atoms with van der Waals surface area (Å²) in [4.78, 5) is 33.4. The number of nitrogens with zero attached hydrogens (tertiary/aromatic N) is 3. The number of ether oxygens (including phenoxy) is 1. The normalized spacial score (nSPS) is 14.1. The third-order valence-corrected chi connectivity index (χ3v) is 6.34. The van der Waals surface area contributed by atoms with E-state index in [9.17, 15) is 22.8 Å². The average molecular weight is 532 g/mol. The molecule has 0 aliphatic carbocycles. The number of hydrogen-bond acceptors (Lipinski definition) is 6. The van der Waals surface area contributed by atoms with Gasteiger partial charge in [-0.25, -0.2) is 4.98 Å². The van der Waals surface area contributed by atoms with Gasteiger partial charge in [0.1, 0.15) is 17.3 Å². The second-order valence-electron chi connectivity index (χ2n) is 8.26. The van der Waals surface area contributed by atoms with Crippen LogP contribution in [0.15, 0.2) is 41.2 Å². The first-order valence-electron chi connectivity index (χ1n) is 11.5. The van der Waals surface area contributed by atoms with Crippen molar-refractivity contribution in [3.63, 3.8) is 0 Å². The van der Waals surface area contributed by atoms with Crippen molar-refractivity contribution in [1.29, 1.82) is 0 Å². The lowest BCUT2D eigenvalue weighted by Gasteiger charge is -2.32. The number of benzene rings is 1. The summed E-state index contributed by atoms with van der Waals surface area (Å²) >= 11 is 1.46. The molecule has 0 bridgehead atoms. The standard InChI is InChI=1S/C25H24F3N5O3S/c26-25(27,28)22-15-29-24(31-22)19-3-4-21(36-12-1-7-32-8-10-33(17-34)11-9-32)20(14-19)30-23(35)5-2-18-6-13-37-16-18/h3-4,6,13-17H,1,7-12H2,(H,29,31)(H,30,35). The fraction of sp³-hybridized carbons (Fsp3) is 0.320. The van der Waals surface area contributed by atoms with Crippen molar-refractivity contribution in [2.24, 2.45) is 0 Å². The van der Waals surface area contributed by atoms with E-state index in [1.165, 1.54) is 17.4 Å². The number of hydrogen-bond donors (Lipinski definition) is 2. The van der Waals surface area contributed by atoms with Crippen LogP contribution in [0.3, 0.4) is 0 Å². The molecule has 8 nitrogen and oxygen atoms in total. The number of carbonyl (C=O) groups excluding carboxylic acids is 2. The molecule has 2 aromatic heterocycles. The molecule has 1 saturated heterocycles. The van der Waals surface area contributed by atoms with Crippen LogP contribution in [0.1, 0.15) is 17.7 Å². The zero-order valence-electron chi connectivity index (χ0n) is 19.7. The summed E-state index contributed by atoms with van der Waals surface area (Å²) in [5.41, 5.74) is 0.349. The van der Waals surface area contributed by atoms with Gasteiger partial charge in [0.25, 0.3) is 0 Å². The summed E-state index contributed by atoms with van der Waals surface area (Å²) in [6.07, 6.45) is -2.26. The molecule has 3 heterocycles. The largest absolute Gasteiger partial charge is 0.491 e. The molecule has 2 amide bonds. The van der Waals surface area contributed by atoms with Crippen molar-refractivity contribution in [3.05, 3.63) is 52.5 Å². The number of piperazine rings is 1. The number of halogens is 3. The molecular weight excluding hydrogens is 507 g/mol. The molecule has 1 aromatic carbocycles. The number of anilines is 1. The van der Waals surface area contributed by atoms with E-state index in [2.05, 4.69) is 32.0 Å². The van der Waals surface area contributed by atoms with E-state index < -0.39 is 17.8 Å². The quantitative estimate of drug-likeness (QED) is 0.263. The minimum atomic E-state index is -4.55. The highest BCUT2D eigenvalue weighted by Gasteiger charge is 2.33. The molecule has 0 radical (unpaired) electrons. The second kappa shape index (κ2) is 11.9. The summed E-state index contributed by atoms with van der Waals surface area (Å²) in [6, 6.07) is 6.43. The lowest BCUT2D eigenvalue weighted by atomic mass is 10.1. The van der Waals surface area contributed by atoms with Gasteiger partial charge >= 0.3 is 12.1 Å². The number of alkyl halides is 3. The monoisotopic (exact) mass is 531 g/mol. The van der Waals surface area contributed by atoms with Gasteiger partial charge in [0.2, 0.25) is 6.41 Å². The van der Waals surface area contributed by atoms with Crippen LogP contribution < -0.4 is 10.1 Å². The maximum absolute atomic E-state index is 13.0. The highest BCUT2D eigenvalue weighted by atomic mass is 32.1. The average Bonchev–Trinajstić information content (AvgIpc) is 3.59. The maximum atomic E-state index is 13.0. The van der Waals surface area contributed by atoms with Gasteiger partial charge < -0.3 is 19.9 Å². The molecule has 194 valence electrons. The molecule has 0 atom stereocenters. The number of aromatic amines is 1. The van der Waals surface area contributed by atoms with Crippen molar-refractivity contribution in [1.82, 2.24) is 19.8 Å². The summed E-state index contributed by atoms with van der Waals surface area (Å²) in [7, 11) is 0. The molecule has 4 rings (SSSR count). The molecule has 1 fully saturated rings. The van der Waals surface area contributed by atoms with Gasteiger partial charge in [-0.15, -0.1) is 0 Å². The summed E-state index contributed by atoms with van der Waals surface area (Å²) in [5, 5.41) is 6.33. The van der Waals surface area contributed by atoms with E-state index in [-0.39, 0.29) is 11.5 Å². The number of imidazole rings is 1. The molecule has 37 heavy (non-hydrogen) atoms. The molecule has 1 aliphatic rings. The summed E-state index contributed by atoms with van der Waals surface area (Å²) in [6.45, 7) is 4.11. The zero-order valence-corrected chi connectivity index (χ0v) is 20.5. The third kappa shape index (κ3) is 7.34. The Hall–Kier alpha value is -3.82. The van der Waals surface area contributed by atoms with Crippen molar-refractivity contribution in [2.45, 2.75) is 12.6 Å². The molecule has 2 N–H and O–H groups in total. The second-order valence-corrected chi connectivity index (χ2v) is 9.04. The molecule has 0 saturated carbocycles. The minimum Gasteiger partial charge on any atom is -0.491 e.